The number of nitrogens with zero attached hydrogens (tertiary/aromatic N) is 3. The Morgan fingerprint density at radius 2 is 1.51 bits per heavy atom. The second-order valence-electron chi connectivity index (χ2n) is 7.30. The number of fused-ring (bicyclic) bond motifs is 1. The molecule has 2 aromatic carbocycles. The van der Waals surface area contributed by atoms with Gasteiger partial charge >= 0.3 is 0 Å². The number of thiazole rings is 1. The lowest BCUT2D eigenvalue weighted by Gasteiger charge is -2.12. The van der Waals surface area contributed by atoms with Crippen molar-refractivity contribution in [2.45, 2.75) is 6.42 Å². The van der Waals surface area contributed by atoms with E-state index in [2.05, 4.69) is 10.1 Å². The van der Waals surface area contributed by atoms with Gasteiger partial charge < -0.3 is 23.7 Å². The van der Waals surface area contributed by atoms with E-state index >= 15 is 0 Å². The molecular weight excluding hydrogens is 474 g/mol. The maximum absolute atomic E-state index is 13.1. The van der Waals surface area contributed by atoms with E-state index < -0.39 is 5.56 Å². The summed E-state index contributed by atoms with van der Waals surface area (Å²) < 4.78 is 28.2. The average molecular weight is 498 g/mol. The molecule has 35 heavy (non-hydrogen) atoms. The molecule has 0 aliphatic carbocycles. The first kappa shape index (κ1) is 24.0. The number of rotatable bonds is 8. The van der Waals surface area contributed by atoms with Crippen LogP contribution in [0.1, 0.15) is 16.8 Å². The first-order chi connectivity index (χ1) is 16.9. The molecule has 0 N–H and O–H groups in total. The highest BCUT2D eigenvalue weighted by molar-refractivity contribution is 7.15. The molecule has 0 amide bonds. The first-order valence-electron chi connectivity index (χ1n) is 10.4. The first-order valence-corrected chi connectivity index (χ1v) is 11.2. The molecule has 0 radical (unpaired) electrons. The van der Waals surface area contributed by atoms with Crippen molar-refractivity contribution in [3.05, 3.63) is 72.4 Å². The summed E-state index contributed by atoms with van der Waals surface area (Å²) in [6, 6.07) is 8.74. The minimum atomic E-state index is -0.500. The van der Waals surface area contributed by atoms with Gasteiger partial charge in [0.2, 0.25) is 10.7 Å². The standard InChI is InChI=1S/C24H23N3O7S/c1-30-16-7-6-13(9-17(16)31-2)8-15-22(28)25-24-27(26-15)23(29)20(35-24)12-14-10-18(32-3)21(34-5)19(11-14)33-4/h6-7,9-12H,8H2,1-5H3/b20-12-. The van der Waals surface area contributed by atoms with Crippen LogP contribution in [0.3, 0.4) is 0 Å². The highest BCUT2D eigenvalue weighted by Crippen LogP contribution is 2.38. The highest BCUT2D eigenvalue weighted by atomic mass is 32.1. The molecule has 0 aliphatic rings. The predicted octanol–water partition coefficient (Wildman–Crippen LogP) is 1.69. The van der Waals surface area contributed by atoms with Gasteiger partial charge in [0.05, 0.1) is 40.1 Å². The molecule has 2 heterocycles. The number of hydrogen-bond donors (Lipinski definition) is 0. The van der Waals surface area contributed by atoms with Crippen LogP contribution in [0.5, 0.6) is 28.7 Å². The third-order valence-corrected chi connectivity index (χ3v) is 6.21. The molecule has 0 bridgehead atoms. The van der Waals surface area contributed by atoms with Crippen molar-refractivity contribution >= 4 is 22.4 Å². The van der Waals surface area contributed by atoms with Crippen LogP contribution in [0.2, 0.25) is 0 Å². The summed E-state index contributed by atoms with van der Waals surface area (Å²) in [4.78, 5) is 30.0. The molecule has 0 saturated heterocycles. The van der Waals surface area contributed by atoms with Gasteiger partial charge in [-0.2, -0.15) is 14.6 Å². The van der Waals surface area contributed by atoms with Crippen molar-refractivity contribution in [2.75, 3.05) is 35.5 Å². The van der Waals surface area contributed by atoms with Crippen LogP contribution < -0.4 is 39.3 Å². The molecule has 4 aromatic rings. The molecule has 10 nitrogen and oxygen atoms in total. The summed E-state index contributed by atoms with van der Waals surface area (Å²) in [5.41, 5.74) is 0.668. The average Bonchev–Trinajstić information content (AvgIpc) is 3.16. The monoisotopic (exact) mass is 497 g/mol. The highest BCUT2D eigenvalue weighted by Gasteiger charge is 2.15. The Morgan fingerprint density at radius 3 is 2.11 bits per heavy atom. The summed E-state index contributed by atoms with van der Waals surface area (Å²) in [7, 11) is 7.61. The van der Waals surface area contributed by atoms with E-state index in [1.165, 1.54) is 28.4 Å². The lowest BCUT2D eigenvalue weighted by atomic mass is 10.1. The van der Waals surface area contributed by atoms with Crippen molar-refractivity contribution in [1.82, 2.24) is 14.6 Å². The van der Waals surface area contributed by atoms with Crippen LogP contribution in [-0.4, -0.2) is 50.1 Å². The Hall–Kier alpha value is -4.12. The van der Waals surface area contributed by atoms with Crippen molar-refractivity contribution < 1.29 is 23.7 Å². The summed E-state index contributed by atoms with van der Waals surface area (Å²) in [5, 5.41) is 4.30. The van der Waals surface area contributed by atoms with Gasteiger partial charge in [-0.1, -0.05) is 17.4 Å². The Morgan fingerprint density at radius 1 is 0.857 bits per heavy atom. The van der Waals surface area contributed by atoms with Gasteiger partial charge in [-0.05, 0) is 41.5 Å². The zero-order valence-corrected chi connectivity index (χ0v) is 20.6. The summed E-state index contributed by atoms with van der Waals surface area (Å²) in [6.07, 6.45) is 1.84. The fourth-order valence-corrected chi connectivity index (χ4v) is 4.48. The SMILES string of the molecule is COc1ccc(Cc2nn3c(=O)/c(=C/c4cc(OC)c(OC)c(OC)c4)sc3nc2=O)cc1OC. The topological polar surface area (TPSA) is 110 Å². The third-order valence-electron chi connectivity index (χ3n) is 5.25. The van der Waals surface area contributed by atoms with E-state index in [0.717, 1.165) is 21.4 Å². The van der Waals surface area contributed by atoms with Gasteiger partial charge in [0.25, 0.3) is 11.1 Å². The number of aromatic nitrogens is 3. The van der Waals surface area contributed by atoms with Crippen molar-refractivity contribution in [2.24, 2.45) is 0 Å². The van der Waals surface area contributed by atoms with E-state index in [1.54, 1.807) is 43.5 Å². The van der Waals surface area contributed by atoms with E-state index in [0.29, 0.717) is 38.8 Å². The largest absolute Gasteiger partial charge is 0.493 e. The van der Waals surface area contributed by atoms with Crippen molar-refractivity contribution in [3.8, 4) is 28.7 Å². The van der Waals surface area contributed by atoms with Crippen LogP contribution in [0.4, 0.5) is 0 Å². The fourth-order valence-electron chi connectivity index (χ4n) is 3.57. The molecule has 182 valence electrons. The smallest absolute Gasteiger partial charge is 0.296 e. The molecule has 0 atom stereocenters. The molecule has 0 aliphatic heterocycles. The quantitative estimate of drug-likeness (QED) is 0.359. The van der Waals surface area contributed by atoms with Gasteiger partial charge in [-0.3, -0.25) is 9.59 Å². The Balaban J connectivity index is 1.78. The van der Waals surface area contributed by atoms with Gasteiger partial charge in [-0.25, -0.2) is 0 Å². The summed E-state index contributed by atoms with van der Waals surface area (Å²) >= 11 is 1.07. The summed E-state index contributed by atoms with van der Waals surface area (Å²) in [6.45, 7) is 0. The van der Waals surface area contributed by atoms with Gasteiger partial charge in [0.1, 0.15) is 5.69 Å². The lowest BCUT2D eigenvalue weighted by Crippen LogP contribution is -2.28. The second-order valence-corrected chi connectivity index (χ2v) is 8.31. The molecule has 4 rings (SSSR count). The van der Waals surface area contributed by atoms with E-state index in [4.69, 9.17) is 23.7 Å². The minimum absolute atomic E-state index is 0.143. The minimum Gasteiger partial charge on any atom is -0.493 e. The normalized spacial score (nSPS) is 11.5. The van der Waals surface area contributed by atoms with Gasteiger partial charge in [0.15, 0.2) is 23.0 Å². The predicted molar refractivity (Wildman–Crippen MR) is 131 cm³/mol. The van der Waals surface area contributed by atoms with E-state index in [9.17, 15) is 9.59 Å². The lowest BCUT2D eigenvalue weighted by molar-refractivity contribution is 0.324. The van der Waals surface area contributed by atoms with Crippen LogP contribution >= 0.6 is 11.3 Å². The van der Waals surface area contributed by atoms with Crippen LogP contribution in [0.15, 0.2) is 39.9 Å². The Labute approximate surface area is 203 Å². The molecule has 0 spiro atoms. The van der Waals surface area contributed by atoms with Gasteiger partial charge in [0, 0.05) is 6.42 Å². The molecule has 0 unspecified atom stereocenters. The molecule has 0 saturated carbocycles. The fraction of sp³-hybridized carbons (Fsp3) is 0.250. The number of hydrogen-bond acceptors (Lipinski definition) is 10. The molecule has 11 heteroatoms. The number of methoxy groups -OCH3 is 5. The molecule has 2 aromatic heterocycles. The third kappa shape index (κ3) is 4.62. The van der Waals surface area contributed by atoms with Crippen molar-refractivity contribution in [1.29, 1.82) is 0 Å². The maximum atomic E-state index is 13.1. The second kappa shape index (κ2) is 10.0. The summed E-state index contributed by atoms with van der Waals surface area (Å²) in [5.74, 6) is 2.45. The van der Waals surface area contributed by atoms with Crippen molar-refractivity contribution in [3.63, 3.8) is 0 Å². The molecular formula is C24H23N3O7S. The van der Waals surface area contributed by atoms with Crippen LogP contribution in [-0.2, 0) is 6.42 Å². The maximum Gasteiger partial charge on any atom is 0.296 e. The zero-order chi connectivity index (χ0) is 25.1. The van der Waals surface area contributed by atoms with Gasteiger partial charge in [-0.15, -0.1) is 0 Å². The van der Waals surface area contributed by atoms with Crippen LogP contribution in [0, 0.1) is 0 Å². The molecule has 0 fully saturated rings. The number of benzene rings is 2. The van der Waals surface area contributed by atoms with Crippen LogP contribution in [0.25, 0.3) is 11.0 Å². The zero-order valence-electron chi connectivity index (χ0n) is 19.8. The van der Waals surface area contributed by atoms with E-state index in [-0.39, 0.29) is 22.6 Å². The van der Waals surface area contributed by atoms with E-state index in [1.807, 2.05) is 0 Å². The number of ether oxygens (including phenoxy) is 5. The Kier molecular flexibility index (Phi) is 6.87. The Bertz CT molecular complexity index is 1540.